The largest absolute Gasteiger partial charge is 0.466 e. The van der Waals surface area contributed by atoms with Gasteiger partial charge in [-0.25, -0.2) is 14.0 Å². The smallest absolute Gasteiger partial charge is 0.336 e. The number of rotatable bonds is 5. The minimum atomic E-state index is -0.507. The van der Waals surface area contributed by atoms with E-state index in [0.29, 0.717) is 28.1 Å². The second kappa shape index (κ2) is 8.17. The van der Waals surface area contributed by atoms with Crippen LogP contribution in [-0.2, 0) is 19.1 Å². The van der Waals surface area contributed by atoms with E-state index in [1.54, 1.807) is 26.0 Å². The number of carbonyl (C=O) groups is 2. The Balaban J connectivity index is 2.70. The maximum absolute atomic E-state index is 13.3. The molecule has 1 aromatic carbocycles. The Hall–Kier alpha value is -2.63. The molecule has 1 N–H and O–H groups in total. The number of halogens is 1. The van der Waals surface area contributed by atoms with Crippen molar-refractivity contribution >= 4 is 17.6 Å². The first-order valence-electron chi connectivity index (χ1n) is 8.55. The molecule has 0 radical (unpaired) electrons. The van der Waals surface area contributed by atoms with Crippen molar-refractivity contribution in [2.75, 3.05) is 13.7 Å². The summed E-state index contributed by atoms with van der Waals surface area (Å²) >= 11 is 0. The van der Waals surface area contributed by atoms with E-state index in [-0.39, 0.29) is 18.3 Å². The van der Waals surface area contributed by atoms with Gasteiger partial charge in [-0.2, -0.15) is 0 Å². The summed E-state index contributed by atoms with van der Waals surface area (Å²) in [6.07, 6.45) is 0. The Morgan fingerprint density at radius 2 is 1.77 bits per heavy atom. The Morgan fingerprint density at radius 3 is 2.27 bits per heavy atom. The number of nitrogens with one attached hydrogen (secondary N) is 1. The zero-order chi connectivity index (χ0) is 19.4. The summed E-state index contributed by atoms with van der Waals surface area (Å²) in [5.74, 6) is -1.93. The molecule has 26 heavy (non-hydrogen) atoms. The van der Waals surface area contributed by atoms with Crippen LogP contribution in [-0.4, -0.2) is 25.7 Å². The average molecular weight is 361 g/mol. The Kier molecular flexibility index (Phi) is 6.18. The number of benzene rings is 1. The van der Waals surface area contributed by atoms with Crippen LogP contribution in [0.2, 0.25) is 0 Å². The molecule has 0 saturated heterocycles. The zero-order valence-corrected chi connectivity index (χ0v) is 15.7. The number of dihydropyridines is 1. The van der Waals surface area contributed by atoms with Gasteiger partial charge >= 0.3 is 11.9 Å². The lowest BCUT2D eigenvalue weighted by molar-refractivity contribution is -0.139. The number of hydrogen-bond donors (Lipinski definition) is 1. The lowest BCUT2D eigenvalue weighted by atomic mass is 9.77. The van der Waals surface area contributed by atoms with E-state index in [4.69, 9.17) is 9.47 Å². The summed E-state index contributed by atoms with van der Waals surface area (Å²) in [5, 5.41) is 3.13. The van der Waals surface area contributed by atoms with Crippen LogP contribution in [0.5, 0.6) is 0 Å². The molecule has 1 aliphatic heterocycles. The van der Waals surface area contributed by atoms with E-state index in [2.05, 4.69) is 5.32 Å². The highest BCUT2D eigenvalue weighted by Gasteiger charge is 2.39. The lowest BCUT2D eigenvalue weighted by Crippen LogP contribution is -2.35. The maximum atomic E-state index is 13.3. The monoisotopic (exact) mass is 361 g/mol. The van der Waals surface area contributed by atoms with E-state index in [0.717, 1.165) is 0 Å². The van der Waals surface area contributed by atoms with Gasteiger partial charge in [0.1, 0.15) is 5.82 Å². The van der Waals surface area contributed by atoms with Gasteiger partial charge in [-0.3, -0.25) is 0 Å². The Labute approximate surface area is 152 Å². The van der Waals surface area contributed by atoms with Crippen LogP contribution >= 0.6 is 0 Å². The van der Waals surface area contributed by atoms with E-state index in [1.165, 1.54) is 19.2 Å². The molecule has 1 heterocycles. The fourth-order valence-corrected chi connectivity index (χ4v) is 3.19. The molecule has 0 amide bonds. The number of carbonyl (C=O) groups excluding carboxylic acids is 2. The maximum Gasteiger partial charge on any atom is 0.336 e. The second-order valence-corrected chi connectivity index (χ2v) is 6.39. The van der Waals surface area contributed by atoms with Gasteiger partial charge in [0.15, 0.2) is 0 Å². The average Bonchev–Trinajstić information content (AvgIpc) is 2.60. The molecular formula is C20H24FNO4. The normalized spacial score (nSPS) is 17.3. The number of methoxy groups -OCH3 is 1. The third-order valence-corrected chi connectivity index (χ3v) is 4.31. The molecule has 1 unspecified atom stereocenters. The third-order valence-electron chi connectivity index (χ3n) is 4.31. The van der Waals surface area contributed by atoms with Crippen LogP contribution in [0.25, 0.3) is 5.70 Å². The molecule has 0 saturated carbocycles. The van der Waals surface area contributed by atoms with Gasteiger partial charge in [-0.05, 0) is 49.6 Å². The standard InChI is InChI=1S/C20H24FNO4/c1-6-26-20(24)17-15(11(2)3)16(19(23)25-5)12(4)22-18(17)13-7-9-14(21)10-8-13/h7-11,15,22H,6H2,1-5H3. The molecule has 0 aromatic heterocycles. The number of ether oxygens (including phenoxy) is 2. The van der Waals surface area contributed by atoms with E-state index in [9.17, 15) is 14.0 Å². The van der Waals surface area contributed by atoms with Gasteiger partial charge in [0.25, 0.3) is 0 Å². The fraction of sp³-hybridized carbons (Fsp3) is 0.400. The molecule has 6 heteroatoms. The van der Waals surface area contributed by atoms with Crippen molar-refractivity contribution in [3.63, 3.8) is 0 Å². The Bertz CT molecular complexity index is 763. The molecule has 0 spiro atoms. The van der Waals surface area contributed by atoms with Crippen LogP contribution in [0.4, 0.5) is 4.39 Å². The summed E-state index contributed by atoms with van der Waals surface area (Å²) < 4.78 is 23.5. The summed E-state index contributed by atoms with van der Waals surface area (Å²) in [6.45, 7) is 7.54. The van der Waals surface area contributed by atoms with Crippen molar-refractivity contribution in [1.82, 2.24) is 5.32 Å². The molecule has 1 atom stereocenters. The van der Waals surface area contributed by atoms with Crippen LogP contribution in [0.3, 0.4) is 0 Å². The molecule has 5 nitrogen and oxygen atoms in total. The van der Waals surface area contributed by atoms with Crippen LogP contribution in [0.15, 0.2) is 41.1 Å². The predicted molar refractivity (Wildman–Crippen MR) is 96.1 cm³/mol. The third kappa shape index (κ3) is 3.79. The molecule has 2 rings (SSSR count). The number of esters is 2. The van der Waals surface area contributed by atoms with Crippen LogP contribution < -0.4 is 5.32 Å². The van der Waals surface area contributed by atoms with Gasteiger partial charge in [0.05, 0.1) is 30.6 Å². The van der Waals surface area contributed by atoms with Crippen molar-refractivity contribution in [1.29, 1.82) is 0 Å². The SMILES string of the molecule is CCOC(=O)C1=C(c2ccc(F)cc2)NC(C)=C(C(=O)OC)C1C(C)C. The molecule has 1 aromatic rings. The van der Waals surface area contributed by atoms with Crippen LogP contribution in [0.1, 0.15) is 33.3 Å². The van der Waals surface area contributed by atoms with E-state index in [1.807, 2.05) is 13.8 Å². The lowest BCUT2D eigenvalue weighted by Gasteiger charge is -2.33. The number of hydrogen-bond acceptors (Lipinski definition) is 5. The van der Waals surface area contributed by atoms with Gasteiger partial charge in [0, 0.05) is 11.6 Å². The van der Waals surface area contributed by atoms with Crippen molar-refractivity contribution in [2.45, 2.75) is 27.7 Å². The van der Waals surface area contributed by atoms with Gasteiger partial charge < -0.3 is 14.8 Å². The minimum Gasteiger partial charge on any atom is -0.466 e. The molecule has 140 valence electrons. The first kappa shape index (κ1) is 19.7. The molecule has 0 aliphatic carbocycles. The Morgan fingerprint density at radius 1 is 1.15 bits per heavy atom. The molecular weight excluding hydrogens is 337 g/mol. The number of allylic oxidation sites excluding steroid dienone is 1. The van der Waals surface area contributed by atoms with Crippen molar-refractivity contribution < 1.29 is 23.5 Å². The highest BCUT2D eigenvalue weighted by atomic mass is 19.1. The van der Waals surface area contributed by atoms with Crippen LogP contribution in [0, 0.1) is 17.7 Å². The second-order valence-electron chi connectivity index (χ2n) is 6.39. The zero-order valence-electron chi connectivity index (χ0n) is 15.7. The molecule has 0 bridgehead atoms. The summed E-state index contributed by atoms with van der Waals surface area (Å²) in [6, 6.07) is 5.83. The summed E-state index contributed by atoms with van der Waals surface area (Å²) in [7, 11) is 1.31. The fourth-order valence-electron chi connectivity index (χ4n) is 3.19. The first-order valence-corrected chi connectivity index (χ1v) is 8.55. The topological polar surface area (TPSA) is 64.6 Å². The molecule has 1 aliphatic rings. The van der Waals surface area contributed by atoms with E-state index >= 15 is 0 Å². The molecule has 0 fully saturated rings. The van der Waals surface area contributed by atoms with Crippen molar-refractivity contribution in [3.05, 3.63) is 52.5 Å². The quantitative estimate of drug-likeness (QED) is 0.814. The highest BCUT2D eigenvalue weighted by molar-refractivity contribution is 6.03. The summed E-state index contributed by atoms with van der Waals surface area (Å²) in [4.78, 5) is 25.1. The van der Waals surface area contributed by atoms with Gasteiger partial charge in [0.2, 0.25) is 0 Å². The van der Waals surface area contributed by atoms with Gasteiger partial charge in [-0.1, -0.05) is 13.8 Å². The van der Waals surface area contributed by atoms with Crippen molar-refractivity contribution in [3.8, 4) is 0 Å². The first-order chi connectivity index (χ1) is 12.3. The predicted octanol–water partition coefficient (Wildman–Crippen LogP) is 3.42. The summed E-state index contributed by atoms with van der Waals surface area (Å²) in [5.41, 5.74) is 2.51. The van der Waals surface area contributed by atoms with Crippen molar-refractivity contribution in [2.24, 2.45) is 11.8 Å². The van der Waals surface area contributed by atoms with E-state index < -0.39 is 17.9 Å². The van der Waals surface area contributed by atoms with Gasteiger partial charge in [-0.15, -0.1) is 0 Å². The minimum absolute atomic E-state index is 0.0593. The highest BCUT2D eigenvalue weighted by Crippen LogP contribution is 2.39.